The minimum absolute atomic E-state index is 0.0810. The topological polar surface area (TPSA) is 54.5 Å². The van der Waals surface area contributed by atoms with Crippen molar-refractivity contribution in [1.82, 2.24) is 0 Å². The number of Topliss-reactive ketones (excluding diaryl/α,β-unsaturated/α-hetero) is 3. The zero-order valence-corrected chi connectivity index (χ0v) is 21.1. The number of ketones is 3. The fourth-order valence-corrected chi connectivity index (χ4v) is 6.74. The van der Waals surface area contributed by atoms with Crippen LogP contribution in [0.5, 0.6) is 0 Å². The lowest BCUT2D eigenvalue weighted by Crippen LogP contribution is -2.48. The van der Waals surface area contributed by atoms with Crippen molar-refractivity contribution >= 4 is 40.7 Å². The molecule has 180 valence electrons. The monoisotopic (exact) mass is 495 g/mol. The molecule has 3 aliphatic rings. The fourth-order valence-electron chi connectivity index (χ4n) is 6.56. The second-order valence-corrected chi connectivity index (χ2v) is 10.8. The lowest BCUT2D eigenvalue weighted by molar-refractivity contribution is -0.118. The number of hydrogen-bond donors (Lipinski definition) is 0. The highest BCUT2D eigenvalue weighted by molar-refractivity contribution is 6.32. The van der Waals surface area contributed by atoms with Gasteiger partial charge in [0.1, 0.15) is 5.41 Å². The van der Waals surface area contributed by atoms with Crippen molar-refractivity contribution in [2.45, 2.75) is 44.7 Å². The molecule has 5 heteroatoms. The Morgan fingerprint density at radius 1 is 0.944 bits per heavy atom. The van der Waals surface area contributed by atoms with Gasteiger partial charge in [0.15, 0.2) is 17.3 Å². The molecule has 36 heavy (non-hydrogen) atoms. The van der Waals surface area contributed by atoms with Crippen molar-refractivity contribution in [2.24, 2.45) is 5.41 Å². The van der Waals surface area contributed by atoms with Gasteiger partial charge in [0.05, 0.1) is 12.1 Å². The van der Waals surface area contributed by atoms with Gasteiger partial charge in [-0.2, -0.15) is 0 Å². The first-order valence-corrected chi connectivity index (χ1v) is 12.7. The summed E-state index contributed by atoms with van der Waals surface area (Å²) in [7, 11) is 0. The van der Waals surface area contributed by atoms with Crippen LogP contribution in [0.4, 0.5) is 5.69 Å². The van der Waals surface area contributed by atoms with Crippen LogP contribution in [0.2, 0.25) is 5.02 Å². The molecule has 0 N–H and O–H groups in total. The Morgan fingerprint density at radius 3 is 2.17 bits per heavy atom. The molecule has 0 saturated carbocycles. The number of halogens is 1. The average Bonchev–Trinajstić information content (AvgIpc) is 3.30. The maximum absolute atomic E-state index is 14.4. The molecule has 0 radical (unpaired) electrons. The van der Waals surface area contributed by atoms with Crippen LogP contribution in [0.3, 0.4) is 0 Å². The summed E-state index contributed by atoms with van der Waals surface area (Å²) in [4.78, 5) is 44.2. The van der Waals surface area contributed by atoms with Crippen LogP contribution in [-0.2, 0) is 4.79 Å². The summed E-state index contributed by atoms with van der Waals surface area (Å²) >= 11 is 6.28. The molecular formula is C31H26ClNO3. The van der Waals surface area contributed by atoms with E-state index >= 15 is 0 Å². The minimum Gasteiger partial charge on any atom is -0.352 e. The van der Waals surface area contributed by atoms with Crippen LogP contribution >= 0.6 is 11.6 Å². The van der Waals surface area contributed by atoms with Crippen LogP contribution in [0.15, 0.2) is 72.8 Å². The number of hydrogen-bond acceptors (Lipinski definition) is 4. The highest BCUT2D eigenvalue weighted by Gasteiger charge is 2.71. The first-order valence-electron chi connectivity index (χ1n) is 12.3. The summed E-state index contributed by atoms with van der Waals surface area (Å²) in [6.45, 7) is 5.80. The van der Waals surface area contributed by atoms with Gasteiger partial charge in [0, 0.05) is 27.8 Å². The Balaban J connectivity index is 1.65. The van der Waals surface area contributed by atoms with E-state index in [0.29, 0.717) is 22.1 Å². The van der Waals surface area contributed by atoms with E-state index in [1.807, 2.05) is 53.5 Å². The number of fused-ring (bicyclic) bond motifs is 5. The van der Waals surface area contributed by atoms with Crippen molar-refractivity contribution in [1.29, 1.82) is 0 Å². The van der Waals surface area contributed by atoms with Crippen LogP contribution < -0.4 is 4.90 Å². The van der Waals surface area contributed by atoms with E-state index in [-0.39, 0.29) is 17.3 Å². The van der Waals surface area contributed by atoms with Crippen molar-refractivity contribution in [3.8, 4) is 0 Å². The van der Waals surface area contributed by atoms with E-state index in [4.69, 9.17) is 11.6 Å². The van der Waals surface area contributed by atoms with Crippen molar-refractivity contribution < 1.29 is 14.4 Å². The highest BCUT2D eigenvalue weighted by atomic mass is 35.5. The van der Waals surface area contributed by atoms with Gasteiger partial charge in [-0.25, -0.2) is 0 Å². The van der Waals surface area contributed by atoms with Gasteiger partial charge in [-0.1, -0.05) is 86.1 Å². The molecule has 0 amide bonds. The number of carbonyl (C=O) groups is 3. The third-order valence-electron chi connectivity index (χ3n) is 8.14. The Labute approximate surface area is 215 Å². The van der Waals surface area contributed by atoms with Crippen molar-refractivity contribution in [2.75, 3.05) is 4.90 Å². The van der Waals surface area contributed by atoms with Crippen LogP contribution in [0.1, 0.15) is 70.0 Å². The summed E-state index contributed by atoms with van der Waals surface area (Å²) in [5.41, 5.74) is 3.10. The number of nitrogens with zero attached hydrogens (tertiary/aromatic N) is 1. The van der Waals surface area contributed by atoms with Gasteiger partial charge in [-0.3, -0.25) is 14.4 Å². The molecule has 0 unspecified atom stereocenters. The molecule has 0 bridgehead atoms. The molecule has 3 aromatic carbocycles. The molecule has 3 aromatic rings. The predicted octanol–water partition coefficient (Wildman–Crippen LogP) is 6.49. The van der Waals surface area contributed by atoms with Crippen LogP contribution in [0.25, 0.3) is 6.08 Å². The third kappa shape index (κ3) is 2.91. The Bertz CT molecular complexity index is 1430. The van der Waals surface area contributed by atoms with E-state index < -0.39 is 23.4 Å². The molecule has 0 aromatic heterocycles. The molecule has 4 nitrogen and oxygen atoms in total. The maximum atomic E-state index is 14.4. The summed E-state index contributed by atoms with van der Waals surface area (Å²) in [5, 5.41) is 0.589. The predicted molar refractivity (Wildman–Crippen MR) is 142 cm³/mol. The van der Waals surface area contributed by atoms with E-state index in [1.165, 1.54) is 0 Å². The molecular weight excluding hydrogens is 470 g/mol. The number of rotatable bonds is 3. The Hall–Kier alpha value is -3.50. The first-order chi connectivity index (χ1) is 17.3. The zero-order chi connectivity index (χ0) is 25.4. The first kappa shape index (κ1) is 22.9. The smallest absolute Gasteiger partial charge is 0.180 e. The molecule has 1 fully saturated rings. The fraction of sp³-hybridized carbons (Fsp3) is 0.258. The summed E-state index contributed by atoms with van der Waals surface area (Å²) in [5.74, 6) is -0.795. The third-order valence-corrected chi connectivity index (χ3v) is 8.38. The molecule has 1 saturated heterocycles. The van der Waals surface area contributed by atoms with Crippen molar-refractivity contribution in [3.63, 3.8) is 0 Å². The minimum atomic E-state index is -1.44. The zero-order valence-electron chi connectivity index (χ0n) is 20.4. The van der Waals surface area contributed by atoms with Gasteiger partial charge < -0.3 is 4.90 Å². The molecule has 1 spiro atoms. The molecule has 1 aliphatic carbocycles. The quantitative estimate of drug-likeness (QED) is 0.390. The molecule has 2 heterocycles. The number of benzene rings is 3. The standard InChI is InChI=1S/C31H26ClNO3/c1-17(2)19-8-10-20(11-9-19)27-28(18(3)34)33-25-14-13-22(32)16-21(25)12-15-26(33)31(27)29(35)23-6-4-5-7-24(23)30(31)36/h4-17,26-28H,1-3H3/t26-,27+,28-/m1/s1. The number of anilines is 1. The maximum Gasteiger partial charge on any atom is 0.180 e. The van der Waals surface area contributed by atoms with Crippen molar-refractivity contribution in [3.05, 3.63) is 106 Å². The highest BCUT2D eigenvalue weighted by Crippen LogP contribution is 2.60. The largest absolute Gasteiger partial charge is 0.352 e. The lowest BCUT2D eigenvalue weighted by Gasteiger charge is -2.37. The summed E-state index contributed by atoms with van der Waals surface area (Å²) < 4.78 is 0. The van der Waals surface area contributed by atoms with E-state index in [1.54, 1.807) is 37.3 Å². The van der Waals surface area contributed by atoms with Gasteiger partial charge in [-0.15, -0.1) is 0 Å². The summed E-state index contributed by atoms with van der Waals surface area (Å²) in [6.07, 6.45) is 3.84. The van der Waals surface area contributed by atoms with Crippen LogP contribution in [-0.4, -0.2) is 29.4 Å². The molecule has 3 atom stereocenters. The second kappa shape index (κ2) is 8.01. The van der Waals surface area contributed by atoms with E-state index in [9.17, 15) is 14.4 Å². The van der Waals surface area contributed by atoms with Gasteiger partial charge in [0.25, 0.3) is 0 Å². The lowest BCUT2D eigenvalue weighted by atomic mass is 9.64. The van der Waals surface area contributed by atoms with Gasteiger partial charge in [-0.05, 0) is 47.7 Å². The van der Waals surface area contributed by atoms with Gasteiger partial charge in [0.2, 0.25) is 0 Å². The van der Waals surface area contributed by atoms with E-state index in [2.05, 4.69) is 13.8 Å². The van der Waals surface area contributed by atoms with Gasteiger partial charge >= 0.3 is 0 Å². The average molecular weight is 496 g/mol. The normalized spacial score (nSPS) is 23.2. The second-order valence-electron chi connectivity index (χ2n) is 10.3. The molecule has 2 aliphatic heterocycles. The van der Waals surface area contributed by atoms with E-state index in [0.717, 1.165) is 22.4 Å². The Kier molecular flexibility index (Phi) is 5.10. The Morgan fingerprint density at radius 2 is 1.58 bits per heavy atom. The SMILES string of the molecule is CC(=O)[C@@H]1[C@H](c2ccc(C(C)C)cc2)C2(C(=O)c3ccccc3C2=O)[C@H]2C=Cc3cc(Cl)ccc3N12. The summed E-state index contributed by atoms with van der Waals surface area (Å²) in [6, 6.07) is 19.4. The van der Waals surface area contributed by atoms with Crippen LogP contribution in [0, 0.1) is 5.41 Å². The number of carbonyl (C=O) groups excluding carboxylic acids is 3. The molecule has 6 rings (SSSR count).